The lowest BCUT2D eigenvalue weighted by Crippen LogP contribution is -2.46. The summed E-state index contributed by atoms with van der Waals surface area (Å²) in [6.45, 7) is 2.69. The number of ether oxygens (including phenoxy) is 2. The molecule has 0 fully saturated rings. The van der Waals surface area contributed by atoms with Gasteiger partial charge in [0.25, 0.3) is 5.56 Å². The molecule has 0 radical (unpaired) electrons. The average Bonchev–Trinajstić information content (AvgIpc) is 2.77. The van der Waals surface area contributed by atoms with Crippen LogP contribution in [0.1, 0.15) is 28.3 Å². The summed E-state index contributed by atoms with van der Waals surface area (Å²) in [4.78, 5) is 18.4. The maximum atomic E-state index is 13.2. The molecule has 0 spiro atoms. The Kier molecular flexibility index (Phi) is 5.39. The highest BCUT2D eigenvalue weighted by molar-refractivity contribution is 7.80. The largest absolute Gasteiger partial charge is 0.493 e. The van der Waals surface area contributed by atoms with E-state index in [0.29, 0.717) is 28.7 Å². The minimum Gasteiger partial charge on any atom is -0.493 e. The fraction of sp³-hybridized carbons (Fsp3) is 0.304. The Morgan fingerprint density at radius 2 is 1.90 bits per heavy atom. The van der Waals surface area contributed by atoms with Gasteiger partial charge in [0.1, 0.15) is 0 Å². The molecule has 1 atom stereocenters. The highest BCUT2D eigenvalue weighted by atomic mass is 32.1. The lowest BCUT2D eigenvalue weighted by atomic mass is 9.88. The molecule has 2 N–H and O–H groups in total. The number of benzene rings is 2. The van der Waals surface area contributed by atoms with Crippen molar-refractivity contribution < 1.29 is 9.47 Å². The van der Waals surface area contributed by atoms with E-state index in [0.717, 1.165) is 34.0 Å². The van der Waals surface area contributed by atoms with Crippen LogP contribution in [0, 0.1) is 6.92 Å². The molecular weight excluding hydrogens is 398 g/mol. The number of aryl methyl sites for hydroxylation is 1. The Bertz CT molecular complexity index is 1190. The maximum absolute atomic E-state index is 13.2. The maximum Gasteiger partial charge on any atom is 0.254 e. The van der Waals surface area contributed by atoms with Gasteiger partial charge in [-0.1, -0.05) is 18.2 Å². The van der Waals surface area contributed by atoms with Crippen LogP contribution >= 0.6 is 12.2 Å². The smallest absolute Gasteiger partial charge is 0.254 e. The Morgan fingerprint density at radius 1 is 1.17 bits per heavy atom. The second-order valence-electron chi connectivity index (χ2n) is 7.40. The van der Waals surface area contributed by atoms with Crippen LogP contribution in [0.5, 0.6) is 11.5 Å². The molecule has 156 valence electrons. The average molecular weight is 424 g/mol. The van der Waals surface area contributed by atoms with Gasteiger partial charge in [0, 0.05) is 19.2 Å². The topological polar surface area (TPSA) is 66.6 Å². The van der Waals surface area contributed by atoms with Crippen molar-refractivity contribution in [1.82, 2.24) is 15.2 Å². The van der Waals surface area contributed by atoms with Crippen LogP contribution in [0.25, 0.3) is 10.9 Å². The van der Waals surface area contributed by atoms with E-state index in [1.54, 1.807) is 21.3 Å². The van der Waals surface area contributed by atoms with E-state index in [9.17, 15) is 4.79 Å². The number of H-pyrrole nitrogens is 1. The number of rotatable bonds is 3. The summed E-state index contributed by atoms with van der Waals surface area (Å²) in [5.74, 6) is 1.31. The van der Waals surface area contributed by atoms with Crippen LogP contribution < -0.4 is 20.3 Å². The zero-order valence-corrected chi connectivity index (χ0v) is 18.4. The van der Waals surface area contributed by atoms with Gasteiger partial charge in [-0.05, 0) is 65.8 Å². The molecular formula is C23H25N3O3S. The normalized spacial score (nSPS) is 15.6. The Labute approximate surface area is 180 Å². The fourth-order valence-corrected chi connectivity index (χ4v) is 4.44. The number of thiocarbonyl (C=S) groups is 1. The molecule has 4 rings (SSSR count). The van der Waals surface area contributed by atoms with Crippen molar-refractivity contribution in [2.75, 3.05) is 27.8 Å². The fourth-order valence-electron chi connectivity index (χ4n) is 4.25. The van der Waals surface area contributed by atoms with Crippen molar-refractivity contribution in [2.45, 2.75) is 19.4 Å². The van der Waals surface area contributed by atoms with E-state index in [-0.39, 0.29) is 11.6 Å². The van der Waals surface area contributed by atoms with Gasteiger partial charge in [-0.2, -0.15) is 0 Å². The molecule has 2 heterocycles. The van der Waals surface area contributed by atoms with E-state index in [2.05, 4.69) is 15.2 Å². The van der Waals surface area contributed by atoms with Crippen LogP contribution in [-0.4, -0.2) is 42.8 Å². The molecule has 1 aromatic heterocycles. The van der Waals surface area contributed by atoms with Crippen molar-refractivity contribution >= 4 is 28.2 Å². The number of nitrogens with one attached hydrogen (secondary N) is 2. The standard InChI is InChI=1S/C23H25N3O3S/c1-13-6-5-7-15-10-17(22(27)25-20(13)15)21-16-12-19(29-4)18(28-3)11-14(16)8-9-26(21)23(30)24-2/h5-7,10-12,21H,8-9H2,1-4H3,(H,24,30)(H,25,27). The third kappa shape index (κ3) is 3.29. The Balaban J connectivity index is 1.98. The zero-order valence-electron chi connectivity index (χ0n) is 17.5. The number of pyridine rings is 1. The molecule has 1 aliphatic heterocycles. The van der Waals surface area contributed by atoms with E-state index >= 15 is 0 Å². The van der Waals surface area contributed by atoms with Gasteiger partial charge in [-0.25, -0.2) is 0 Å². The first kappa shape index (κ1) is 20.2. The van der Waals surface area contributed by atoms with E-state index in [1.807, 2.05) is 43.3 Å². The lowest BCUT2D eigenvalue weighted by Gasteiger charge is -2.39. The number of fused-ring (bicyclic) bond motifs is 2. The van der Waals surface area contributed by atoms with Gasteiger partial charge >= 0.3 is 0 Å². The summed E-state index contributed by atoms with van der Waals surface area (Å²) in [6, 6.07) is 11.6. The van der Waals surface area contributed by atoms with Crippen LogP contribution in [0.4, 0.5) is 0 Å². The Morgan fingerprint density at radius 3 is 2.60 bits per heavy atom. The van der Waals surface area contributed by atoms with E-state index < -0.39 is 0 Å². The van der Waals surface area contributed by atoms with Gasteiger partial charge in [-0.15, -0.1) is 0 Å². The molecule has 0 saturated heterocycles. The molecule has 30 heavy (non-hydrogen) atoms. The van der Waals surface area contributed by atoms with Gasteiger partial charge < -0.3 is 24.7 Å². The van der Waals surface area contributed by atoms with Crippen molar-refractivity contribution in [3.8, 4) is 11.5 Å². The summed E-state index contributed by atoms with van der Waals surface area (Å²) < 4.78 is 11.0. The number of hydrogen-bond acceptors (Lipinski definition) is 4. The highest BCUT2D eigenvalue weighted by Crippen LogP contribution is 2.40. The molecule has 0 saturated carbocycles. The van der Waals surface area contributed by atoms with Crippen molar-refractivity contribution in [1.29, 1.82) is 0 Å². The first-order valence-corrected chi connectivity index (χ1v) is 10.2. The summed E-state index contributed by atoms with van der Waals surface area (Å²) in [5, 5.41) is 4.67. The van der Waals surface area contributed by atoms with Crippen molar-refractivity contribution in [3.05, 3.63) is 69.0 Å². The predicted octanol–water partition coefficient (Wildman–Crippen LogP) is 3.31. The van der Waals surface area contributed by atoms with Gasteiger partial charge in [0.05, 0.1) is 25.8 Å². The second-order valence-corrected chi connectivity index (χ2v) is 7.79. The SMILES string of the molecule is CNC(=S)N1CCc2cc(OC)c(OC)cc2C1c1cc2cccc(C)c2[nH]c1=O. The number of hydrogen-bond donors (Lipinski definition) is 2. The van der Waals surface area contributed by atoms with Crippen LogP contribution in [-0.2, 0) is 6.42 Å². The van der Waals surface area contributed by atoms with Gasteiger partial charge in [-0.3, -0.25) is 4.79 Å². The van der Waals surface area contributed by atoms with E-state index in [4.69, 9.17) is 21.7 Å². The molecule has 0 bridgehead atoms. The predicted molar refractivity (Wildman–Crippen MR) is 123 cm³/mol. The monoisotopic (exact) mass is 423 g/mol. The van der Waals surface area contributed by atoms with Crippen molar-refractivity contribution in [2.24, 2.45) is 0 Å². The number of aromatic amines is 1. The summed E-state index contributed by atoms with van der Waals surface area (Å²) in [7, 11) is 5.05. The van der Waals surface area contributed by atoms with Crippen LogP contribution in [0.15, 0.2) is 41.2 Å². The molecule has 0 aliphatic carbocycles. The zero-order chi connectivity index (χ0) is 21.4. The second kappa shape index (κ2) is 7.99. The summed E-state index contributed by atoms with van der Waals surface area (Å²) in [5.41, 5.74) is 4.55. The lowest BCUT2D eigenvalue weighted by molar-refractivity contribution is 0.324. The number of methoxy groups -OCH3 is 2. The van der Waals surface area contributed by atoms with E-state index in [1.165, 1.54) is 0 Å². The third-order valence-electron chi connectivity index (χ3n) is 5.76. The highest BCUT2D eigenvalue weighted by Gasteiger charge is 2.33. The number of nitrogens with zero attached hydrogens (tertiary/aromatic N) is 1. The molecule has 7 heteroatoms. The molecule has 1 unspecified atom stereocenters. The van der Waals surface area contributed by atoms with Crippen molar-refractivity contribution in [3.63, 3.8) is 0 Å². The van der Waals surface area contributed by atoms with Crippen LogP contribution in [0.3, 0.4) is 0 Å². The third-order valence-corrected chi connectivity index (χ3v) is 6.20. The summed E-state index contributed by atoms with van der Waals surface area (Å²) in [6.07, 6.45) is 0.790. The molecule has 2 aromatic carbocycles. The number of aromatic nitrogens is 1. The first-order chi connectivity index (χ1) is 14.5. The molecule has 6 nitrogen and oxygen atoms in total. The summed E-state index contributed by atoms with van der Waals surface area (Å²) >= 11 is 5.60. The Hall–Kier alpha value is -3.06. The quantitative estimate of drug-likeness (QED) is 0.630. The minimum atomic E-state index is -0.331. The first-order valence-electron chi connectivity index (χ1n) is 9.84. The molecule has 1 aliphatic rings. The minimum absolute atomic E-state index is 0.117. The molecule has 3 aromatic rings. The van der Waals surface area contributed by atoms with Gasteiger partial charge in [0.15, 0.2) is 16.6 Å². The molecule has 0 amide bonds. The number of para-hydroxylation sites is 1. The van der Waals surface area contributed by atoms with Gasteiger partial charge in [0.2, 0.25) is 0 Å². The van der Waals surface area contributed by atoms with Crippen LogP contribution in [0.2, 0.25) is 0 Å².